The predicted octanol–water partition coefficient (Wildman–Crippen LogP) is 2.51. The van der Waals surface area contributed by atoms with Crippen LogP contribution in [0.3, 0.4) is 0 Å². The van der Waals surface area contributed by atoms with Crippen LogP contribution in [-0.4, -0.2) is 36.2 Å². The third-order valence-electron chi connectivity index (χ3n) is 2.07. The van der Waals surface area contributed by atoms with E-state index >= 15 is 0 Å². The first kappa shape index (κ1) is 15.4. The van der Waals surface area contributed by atoms with E-state index in [1.165, 1.54) is 12.8 Å². The molecule has 0 spiro atoms. The number of aliphatic hydroxyl groups is 1. The van der Waals surface area contributed by atoms with E-state index in [4.69, 9.17) is 0 Å². The molecule has 0 aromatic carbocycles. The third kappa shape index (κ3) is 8.26. The molecule has 0 aliphatic heterocycles. The Morgan fingerprint density at radius 3 is 1.92 bits per heavy atom. The Morgan fingerprint density at radius 2 is 1.69 bits per heavy atom. The van der Waals surface area contributed by atoms with Crippen molar-refractivity contribution in [1.29, 1.82) is 0 Å². The number of hydrogen-bond donors (Lipinski definition) is 1. The van der Waals surface area contributed by atoms with Crippen LogP contribution in [0.4, 0.5) is 0 Å². The molecule has 0 unspecified atom stereocenters. The Hall–Kier alpha value is -0.0800. The van der Waals surface area contributed by atoms with Crippen LogP contribution in [0, 0.1) is 0 Å². The Kier molecular flexibility index (Phi) is 11.8. The third-order valence-corrected chi connectivity index (χ3v) is 2.07. The molecule has 1 N–H and O–H groups in total. The van der Waals surface area contributed by atoms with Gasteiger partial charge in [0.2, 0.25) is 0 Å². The minimum Gasteiger partial charge on any atom is -0.392 e. The molecule has 0 aliphatic rings. The maximum atomic E-state index is 9.37. The lowest BCUT2D eigenvalue weighted by Crippen LogP contribution is -2.37. The first-order valence-corrected chi connectivity index (χ1v) is 5.44. The zero-order valence-electron chi connectivity index (χ0n) is 10.2. The summed E-state index contributed by atoms with van der Waals surface area (Å²) in [4.78, 5) is 2.10. The summed E-state index contributed by atoms with van der Waals surface area (Å²) in [7, 11) is 4.04. The summed E-state index contributed by atoms with van der Waals surface area (Å²) in [6.07, 6.45) is 3.29. The van der Waals surface area contributed by atoms with Crippen molar-refractivity contribution in [1.82, 2.24) is 4.90 Å². The average molecular weight is 189 g/mol. The summed E-state index contributed by atoms with van der Waals surface area (Å²) in [5.74, 6) is 0. The SMILES string of the molecule is CC.CCCC[C@@H]([C@H](C)O)N(C)C. The highest BCUT2D eigenvalue weighted by atomic mass is 16.3. The Bertz CT molecular complexity index is 84.1. The Morgan fingerprint density at radius 1 is 1.23 bits per heavy atom. The van der Waals surface area contributed by atoms with Gasteiger partial charge in [0.15, 0.2) is 0 Å². The van der Waals surface area contributed by atoms with E-state index in [0.717, 1.165) is 6.42 Å². The molecular formula is C11H27NO. The molecule has 0 radical (unpaired) electrons. The highest BCUT2D eigenvalue weighted by Crippen LogP contribution is 2.09. The molecule has 0 aromatic heterocycles. The normalized spacial score (nSPS) is 14.8. The molecule has 0 amide bonds. The first-order chi connectivity index (χ1) is 6.09. The zero-order chi connectivity index (χ0) is 10.9. The van der Waals surface area contributed by atoms with Gasteiger partial charge >= 0.3 is 0 Å². The number of rotatable bonds is 5. The minimum absolute atomic E-state index is 0.212. The van der Waals surface area contributed by atoms with E-state index in [1.807, 2.05) is 34.9 Å². The van der Waals surface area contributed by atoms with E-state index in [9.17, 15) is 5.11 Å². The fourth-order valence-corrected chi connectivity index (χ4v) is 1.34. The zero-order valence-corrected chi connectivity index (χ0v) is 10.2. The van der Waals surface area contributed by atoms with Crippen LogP contribution in [0.5, 0.6) is 0 Å². The van der Waals surface area contributed by atoms with Crippen LogP contribution >= 0.6 is 0 Å². The summed E-state index contributed by atoms with van der Waals surface area (Å²) in [6, 6.07) is 0.329. The highest BCUT2D eigenvalue weighted by molar-refractivity contribution is 4.71. The van der Waals surface area contributed by atoms with Gasteiger partial charge in [-0.3, -0.25) is 0 Å². The molecule has 0 saturated heterocycles. The quantitative estimate of drug-likeness (QED) is 0.718. The molecule has 0 heterocycles. The number of aliphatic hydroxyl groups excluding tert-OH is 1. The monoisotopic (exact) mass is 189 g/mol. The molecule has 2 nitrogen and oxygen atoms in total. The summed E-state index contributed by atoms with van der Waals surface area (Å²) in [5, 5.41) is 9.37. The van der Waals surface area contributed by atoms with Gasteiger partial charge in [-0.15, -0.1) is 0 Å². The number of nitrogens with zero attached hydrogens (tertiary/aromatic N) is 1. The van der Waals surface area contributed by atoms with Crippen molar-refractivity contribution in [2.24, 2.45) is 0 Å². The maximum absolute atomic E-state index is 9.37. The molecule has 0 saturated carbocycles. The highest BCUT2D eigenvalue weighted by Gasteiger charge is 2.15. The van der Waals surface area contributed by atoms with Crippen LogP contribution in [-0.2, 0) is 0 Å². The van der Waals surface area contributed by atoms with Crippen LogP contribution < -0.4 is 0 Å². The maximum Gasteiger partial charge on any atom is 0.0667 e. The lowest BCUT2D eigenvalue weighted by molar-refractivity contribution is 0.0838. The van der Waals surface area contributed by atoms with Gasteiger partial charge < -0.3 is 10.0 Å². The van der Waals surface area contributed by atoms with Gasteiger partial charge in [-0.25, -0.2) is 0 Å². The topological polar surface area (TPSA) is 23.5 Å². The van der Waals surface area contributed by atoms with Gasteiger partial charge in [-0.05, 0) is 27.4 Å². The van der Waals surface area contributed by atoms with Crippen LogP contribution in [0.1, 0.15) is 47.0 Å². The van der Waals surface area contributed by atoms with E-state index < -0.39 is 0 Å². The van der Waals surface area contributed by atoms with Crippen molar-refractivity contribution in [2.45, 2.75) is 59.1 Å². The van der Waals surface area contributed by atoms with Crippen LogP contribution in [0.25, 0.3) is 0 Å². The molecule has 0 aliphatic carbocycles. The second-order valence-electron chi connectivity index (χ2n) is 3.41. The predicted molar refractivity (Wildman–Crippen MR) is 60.0 cm³/mol. The summed E-state index contributed by atoms with van der Waals surface area (Å²) in [6.45, 7) is 8.04. The fraction of sp³-hybridized carbons (Fsp3) is 1.00. The molecule has 0 bridgehead atoms. The number of unbranched alkanes of at least 4 members (excludes halogenated alkanes) is 1. The molecule has 0 aromatic rings. The molecule has 0 fully saturated rings. The van der Waals surface area contributed by atoms with Crippen molar-refractivity contribution in [2.75, 3.05) is 14.1 Å². The smallest absolute Gasteiger partial charge is 0.0667 e. The molecule has 13 heavy (non-hydrogen) atoms. The molecule has 2 atom stereocenters. The average Bonchev–Trinajstić information content (AvgIpc) is 2.07. The lowest BCUT2D eigenvalue weighted by atomic mass is 10.0. The minimum atomic E-state index is -0.212. The van der Waals surface area contributed by atoms with E-state index in [0.29, 0.717) is 6.04 Å². The number of likely N-dealkylation sites (N-methyl/N-ethyl adjacent to an activating group) is 1. The standard InChI is InChI=1S/C9H21NO.C2H6/c1-5-6-7-9(8(2)11)10(3)4;1-2/h8-9,11H,5-7H2,1-4H3;1-2H3/t8-,9-;/m0./s1. The van der Waals surface area contributed by atoms with Crippen LogP contribution in [0.15, 0.2) is 0 Å². The molecular weight excluding hydrogens is 162 g/mol. The van der Waals surface area contributed by atoms with E-state index in [-0.39, 0.29) is 6.10 Å². The summed E-state index contributed by atoms with van der Waals surface area (Å²) in [5.41, 5.74) is 0. The van der Waals surface area contributed by atoms with Gasteiger partial charge in [-0.1, -0.05) is 33.6 Å². The van der Waals surface area contributed by atoms with Crippen LogP contribution in [0.2, 0.25) is 0 Å². The summed E-state index contributed by atoms with van der Waals surface area (Å²) >= 11 is 0. The second kappa shape index (κ2) is 10.0. The number of hydrogen-bond acceptors (Lipinski definition) is 2. The van der Waals surface area contributed by atoms with Crippen molar-refractivity contribution in [3.8, 4) is 0 Å². The van der Waals surface area contributed by atoms with Gasteiger partial charge in [0.05, 0.1) is 6.10 Å². The Balaban J connectivity index is 0. The first-order valence-electron chi connectivity index (χ1n) is 5.44. The second-order valence-corrected chi connectivity index (χ2v) is 3.41. The van der Waals surface area contributed by atoms with Gasteiger partial charge in [0.1, 0.15) is 0 Å². The molecule has 82 valence electrons. The van der Waals surface area contributed by atoms with Gasteiger partial charge in [-0.2, -0.15) is 0 Å². The van der Waals surface area contributed by atoms with E-state index in [2.05, 4.69) is 11.8 Å². The molecule has 0 rings (SSSR count). The van der Waals surface area contributed by atoms with Crippen molar-refractivity contribution in [3.63, 3.8) is 0 Å². The Labute approximate surface area is 83.9 Å². The van der Waals surface area contributed by atoms with Crippen molar-refractivity contribution >= 4 is 0 Å². The largest absolute Gasteiger partial charge is 0.392 e. The lowest BCUT2D eigenvalue weighted by Gasteiger charge is -2.26. The van der Waals surface area contributed by atoms with Gasteiger partial charge in [0.25, 0.3) is 0 Å². The summed E-state index contributed by atoms with van der Waals surface area (Å²) < 4.78 is 0. The van der Waals surface area contributed by atoms with Crippen molar-refractivity contribution < 1.29 is 5.11 Å². The molecule has 2 heteroatoms. The fourth-order valence-electron chi connectivity index (χ4n) is 1.34. The van der Waals surface area contributed by atoms with Crippen molar-refractivity contribution in [3.05, 3.63) is 0 Å². The van der Waals surface area contributed by atoms with Gasteiger partial charge in [0, 0.05) is 6.04 Å². The van der Waals surface area contributed by atoms with E-state index in [1.54, 1.807) is 0 Å².